The third kappa shape index (κ3) is 5.10. The lowest BCUT2D eigenvalue weighted by Crippen LogP contribution is -2.41. The van der Waals surface area contributed by atoms with Gasteiger partial charge < -0.3 is 26.0 Å². The third-order valence-corrected chi connectivity index (χ3v) is 7.58. The zero-order valence-electron chi connectivity index (χ0n) is 20.2. The summed E-state index contributed by atoms with van der Waals surface area (Å²) in [6.45, 7) is 4.96. The molecule has 8 nitrogen and oxygen atoms in total. The van der Waals surface area contributed by atoms with Crippen LogP contribution in [0.2, 0.25) is 0 Å². The number of amides is 1. The lowest BCUT2D eigenvalue weighted by atomic mass is 9.88. The molecular weight excluding hydrogens is 447 g/mol. The maximum atomic E-state index is 14.5. The number of piperidine rings is 1. The van der Waals surface area contributed by atoms with Crippen LogP contribution in [0.25, 0.3) is 0 Å². The summed E-state index contributed by atoms with van der Waals surface area (Å²) in [5.41, 5.74) is 7.41. The summed E-state index contributed by atoms with van der Waals surface area (Å²) in [5, 5.41) is 6.28. The molecule has 5 rings (SSSR count). The van der Waals surface area contributed by atoms with E-state index < -0.39 is 5.82 Å². The van der Waals surface area contributed by atoms with Gasteiger partial charge in [0.1, 0.15) is 5.75 Å². The van der Waals surface area contributed by atoms with Crippen LogP contribution < -0.4 is 21.1 Å². The number of ether oxygens (including phenoxy) is 1. The van der Waals surface area contributed by atoms with Gasteiger partial charge in [-0.25, -0.2) is 9.37 Å². The van der Waals surface area contributed by atoms with E-state index in [1.54, 1.807) is 0 Å². The largest absolute Gasteiger partial charge is 0.493 e. The normalized spacial score (nSPS) is 26.1. The monoisotopic (exact) mass is 480 g/mol. The molecule has 0 radical (unpaired) electrons. The summed E-state index contributed by atoms with van der Waals surface area (Å²) in [6.07, 6.45) is 8.39. The van der Waals surface area contributed by atoms with E-state index in [1.165, 1.54) is 0 Å². The van der Waals surface area contributed by atoms with E-state index in [4.69, 9.17) is 10.5 Å². The molecule has 1 aromatic heterocycles. The lowest BCUT2D eigenvalue weighted by Gasteiger charge is -2.28. The number of fused-ring (bicyclic) bond motifs is 2. The third-order valence-electron chi connectivity index (χ3n) is 7.58. The first-order valence-electron chi connectivity index (χ1n) is 12.3. The topological polar surface area (TPSA) is 105 Å². The quantitative estimate of drug-likeness (QED) is 0.497. The van der Waals surface area contributed by atoms with Crippen molar-refractivity contribution < 1.29 is 13.9 Å². The average Bonchev–Trinajstić information content (AvgIpc) is 3.44. The van der Waals surface area contributed by atoms with Crippen molar-refractivity contribution in [3.8, 4) is 5.75 Å². The highest BCUT2D eigenvalue weighted by Gasteiger charge is 2.47. The number of aromatic nitrogens is 2. The van der Waals surface area contributed by atoms with Crippen LogP contribution in [0.4, 0.5) is 21.8 Å². The predicted molar refractivity (Wildman–Crippen MR) is 133 cm³/mol. The van der Waals surface area contributed by atoms with Crippen LogP contribution in [0.3, 0.4) is 0 Å². The second-order valence-electron chi connectivity index (χ2n) is 10.1. The van der Waals surface area contributed by atoms with Crippen molar-refractivity contribution in [1.82, 2.24) is 14.9 Å². The zero-order chi connectivity index (χ0) is 24.5. The van der Waals surface area contributed by atoms with Gasteiger partial charge >= 0.3 is 0 Å². The number of allylic oxidation sites excluding steroid dienone is 1. The van der Waals surface area contributed by atoms with E-state index in [-0.39, 0.29) is 41.5 Å². The van der Waals surface area contributed by atoms with Gasteiger partial charge in [-0.05, 0) is 87.8 Å². The Morgan fingerprint density at radius 2 is 2.03 bits per heavy atom. The molecule has 2 bridgehead atoms. The van der Waals surface area contributed by atoms with Crippen LogP contribution in [-0.4, -0.2) is 53.6 Å². The lowest BCUT2D eigenvalue weighted by molar-refractivity contribution is -0.122. The van der Waals surface area contributed by atoms with Crippen LogP contribution >= 0.6 is 0 Å². The number of anilines is 3. The Morgan fingerprint density at radius 1 is 1.26 bits per heavy atom. The number of likely N-dealkylation sites (tertiary alicyclic amines) is 1. The molecule has 1 saturated carbocycles. The second kappa shape index (κ2) is 9.81. The molecule has 1 saturated heterocycles. The molecule has 2 heterocycles. The molecule has 3 aliphatic rings. The van der Waals surface area contributed by atoms with Crippen LogP contribution in [0.15, 0.2) is 36.5 Å². The van der Waals surface area contributed by atoms with Crippen molar-refractivity contribution in [3.63, 3.8) is 0 Å². The first-order chi connectivity index (χ1) is 16.9. The Labute approximate surface area is 205 Å². The standard InChI is InChI=1S/C26H33FN6O2/c1-15-11-19(5-6-21(15)35-14-16-7-9-33(2)10-8-16)30-26-29-13-20(27)25(32-26)31-23-18-4-3-17(12-18)22(23)24(28)34/h3-6,11,13,16-18,22-23H,7-10,12,14H2,1-2H3,(H2,28,34)(H2,29,30,31,32)/t17-,18+,22+,23-/m1/s1. The van der Waals surface area contributed by atoms with Crippen LogP contribution in [0, 0.1) is 36.4 Å². The number of nitrogens with zero attached hydrogens (tertiary/aromatic N) is 3. The minimum Gasteiger partial charge on any atom is -0.493 e. The molecule has 2 fully saturated rings. The molecule has 4 N–H and O–H groups in total. The van der Waals surface area contributed by atoms with Crippen molar-refractivity contribution in [1.29, 1.82) is 0 Å². The smallest absolute Gasteiger partial charge is 0.229 e. The van der Waals surface area contributed by atoms with Gasteiger partial charge in [0.25, 0.3) is 0 Å². The van der Waals surface area contributed by atoms with Crippen molar-refractivity contribution in [2.45, 2.75) is 32.2 Å². The number of carbonyl (C=O) groups is 1. The number of aryl methyl sites for hydroxylation is 1. The highest BCUT2D eigenvalue weighted by atomic mass is 19.1. The van der Waals surface area contributed by atoms with E-state index in [1.807, 2.05) is 31.2 Å². The number of primary amides is 1. The molecule has 35 heavy (non-hydrogen) atoms. The zero-order valence-corrected chi connectivity index (χ0v) is 20.2. The number of benzene rings is 1. The van der Waals surface area contributed by atoms with Gasteiger partial charge in [0.2, 0.25) is 11.9 Å². The number of nitrogens with one attached hydrogen (secondary N) is 2. The first-order valence-corrected chi connectivity index (χ1v) is 12.3. The molecule has 1 aromatic carbocycles. The molecule has 9 heteroatoms. The summed E-state index contributed by atoms with van der Waals surface area (Å²) in [4.78, 5) is 22.8. The maximum Gasteiger partial charge on any atom is 0.229 e. The molecule has 0 spiro atoms. The SMILES string of the molecule is Cc1cc(Nc2ncc(F)c(N[C@H]3[C@@H](C(N)=O)[C@@H]4C=C[C@H]3C4)n2)ccc1OCC1CCN(C)CC1. The fourth-order valence-electron chi connectivity index (χ4n) is 5.55. The summed E-state index contributed by atoms with van der Waals surface area (Å²) < 4.78 is 20.6. The molecule has 1 aliphatic heterocycles. The average molecular weight is 481 g/mol. The maximum absolute atomic E-state index is 14.5. The minimum atomic E-state index is -0.570. The summed E-state index contributed by atoms with van der Waals surface area (Å²) >= 11 is 0. The number of halogens is 1. The Bertz CT molecular complexity index is 1120. The van der Waals surface area contributed by atoms with Crippen molar-refractivity contribution >= 4 is 23.4 Å². The van der Waals surface area contributed by atoms with Crippen LogP contribution in [0.5, 0.6) is 5.75 Å². The minimum absolute atomic E-state index is 0.0644. The Hall–Kier alpha value is -3.20. The van der Waals surface area contributed by atoms with Gasteiger partial charge in [-0.2, -0.15) is 4.98 Å². The molecule has 2 aliphatic carbocycles. The van der Waals surface area contributed by atoms with Crippen molar-refractivity contribution in [2.75, 3.05) is 37.4 Å². The van der Waals surface area contributed by atoms with E-state index in [0.29, 0.717) is 5.92 Å². The fraction of sp³-hybridized carbons (Fsp3) is 0.500. The van der Waals surface area contributed by atoms with Crippen molar-refractivity contribution in [2.24, 2.45) is 29.4 Å². The Morgan fingerprint density at radius 3 is 2.77 bits per heavy atom. The number of carbonyl (C=O) groups excluding carboxylic acids is 1. The Kier molecular flexibility index (Phi) is 6.60. The predicted octanol–water partition coefficient (Wildman–Crippen LogP) is 3.48. The molecular formula is C26H33FN6O2. The molecule has 1 amide bonds. The van der Waals surface area contributed by atoms with Gasteiger partial charge in [-0.15, -0.1) is 0 Å². The van der Waals surface area contributed by atoms with E-state index in [9.17, 15) is 9.18 Å². The van der Waals surface area contributed by atoms with Crippen LogP contribution in [-0.2, 0) is 4.79 Å². The molecule has 2 aromatic rings. The first kappa shape index (κ1) is 23.5. The molecule has 0 unspecified atom stereocenters. The second-order valence-corrected chi connectivity index (χ2v) is 10.1. The number of rotatable bonds is 8. The van der Waals surface area contributed by atoms with Gasteiger partial charge in [0.05, 0.1) is 18.7 Å². The van der Waals surface area contributed by atoms with Crippen molar-refractivity contribution in [3.05, 3.63) is 47.9 Å². The van der Waals surface area contributed by atoms with Gasteiger partial charge in [0, 0.05) is 11.7 Å². The number of hydrogen-bond donors (Lipinski definition) is 3. The van der Waals surface area contributed by atoms with E-state index >= 15 is 0 Å². The number of hydrogen-bond acceptors (Lipinski definition) is 7. The Balaban J connectivity index is 1.23. The van der Waals surface area contributed by atoms with E-state index in [0.717, 1.165) is 62.2 Å². The van der Waals surface area contributed by atoms with Gasteiger partial charge in [-0.3, -0.25) is 4.79 Å². The van der Waals surface area contributed by atoms with Crippen LogP contribution in [0.1, 0.15) is 24.8 Å². The van der Waals surface area contributed by atoms with Gasteiger partial charge in [0.15, 0.2) is 11.6 Å². The highest BCUT2D eigenvalue weighted by Crippen LogP contribution is 2.45. The molecule has 186 valence electrons. The molecule has 4 atom stereocenters. The van der Waals surface area contributed by atoms with Gasteiger partial charge in [-0.1, -0.05) is 12.2 Å². The summed E-state index contributed by atoms with van der Waals surface area (Å²) in [7, 11) is 2.16. The van der Waals surface area contributed by atoms with E-state index in [2.05, 4.69) is 38.6 Å². The number of nitrogens with two attached hydrogens (primary N) is 1. The summed E-state index contributed by atoms with van der Waals surface area (Å²) in [5.74, 6) is 0.687. The fourth-order valence-corrected chi connectivity index (χ4v) is 5.55. The summed E-state index contributed by atoms with van der Waals surface area (Å²) in [6, 6.07) is 5.53. The highest BCUT2D eigenvalue weighted by molar-refractivity contribution is 5.79.